The van der Waals surface area contributed by atoms with Gasteiger partial charge < -0.3 is 11.5 Å². The molecule has 11 heteroatoms. The maximum absolute atomic E-state index is 12.3. The Hall–Kier alpha value is -2.30. The maximum atomic E-state index is 12.3. The van der Waals surface area contributed by atoms with Crippen LogP contribution in [0.15, 0.2) is 18.2 Å². The number of para-hydroxylation sites is 1. The summed E-state index contributed by atoms with van der Waals surface area (Å²) >= 11 is 0. The highest BCUT2D eigenvalue weighted by atomic mass is 32.2. The summed E-state index contributed by atoms with van der Waals surface area (Å²) in [4.78, 5) is 22.2. The topological polar surface area (TPSA) is 132 Å². The lowest BCUT2D eigenvalue weighted by Gasteiger charge is -2.15. The highest BCUT2D eigenvalue weighted by molar-refractivity contribution is 7.93. The molecule has 1 rings (SSSR count). The number of anilines is 1. The smallest absolute Gasteiger partial charge is 0.366 e. The second-order valence-corrected chi connectivity index (χ2v) is 5.18. The van der Waals surface area contributed by atoms with Gasteiger partial charge in [-0.25, -0.2) is 0 Å². The third kappa shape index (κ3) is 2.99. The van der Waals surface area contributed by atoms with Gasteiger partial charge in [-0.1, -0.05) is 6.07 Å². The Morgan fingerprint density at radius 3 is 1.75 bits per heavy atom. The van der Waals surface area contributed by atoms with Crippen molar-refractivity contribution < 1.29 is 31.2 Å². The van der Waals surface area contributed by atoms with E-state index in [1.54, 1.807) is 0 Å². The van der Waals surface area contributed by atoms with Crippen molar-refractivity contribution in [3.8, 4) is 0 Å². The number of primary amides is 2. The van der Waals surface area contributed by atoms with Gasteiger partial charge in [-0.05, 0) is 12.1 Å². The van der Waals surface area contributed by atoms with Crippen LogP contribution in [0, 0.1) is 0 Å². The number of sulfonamides is 1. The minimum Gasteiger partial charge on any atom is -0.366 e. The molecule has 0 saturated carbocycles. The van der Waals surface area contributed by atoms with Crippen molar-refractivity contribution in [2.45, 2.75) is 5.51 Å². The van der Waals surface area contributed by atoms with E-state index in [4.69, 9.17) is 11.5 Å². The van der Waals surface area contributed by atoms with Gasteiger partial charge in [0.05, 0.1) is 16.8 Å². The zero-order valence-electron chi connectivity index (χ0n) is 9.56. The second kappa shape index (κ2) is 5.00. The van der Waals surface area contributed by atoms with Crippen LogP contribution < -0.4 is 16.2 Å². The van der Waals surface area contributed by atoms with Gasteiger partial charge in [-0.2, -0.15) is 21.6 Å². The molecule has 1 aromatic carbocycles. The number of hydrogen-bond acceptors (Lipinski definition) is 4. The van der Waals surface area contributed by atoms with Gasteiger partial charge >= 0.3 is 15.5 Å². The predicted octanol–water partition coefficient (Wildman–Crippen LogP) is 0.146. The number of rotatable bonds is 4. The van der Waals surface area contributed by atoms with E-state index in [2.05, 4.69) is 0 Å². The lowest BCUT2D eigenvalue weighted by molar-refractivity contribution is -0.0429. The number of hydrogen-bond donors (Lipinski definition) is 3. The van der Waals surface area contributed by atoms with Crippen LogP contribution in [0.3, 0.4) is 0 Å². The van der Waals surface area contributed by atoms with E-state index >= 15 is 0 Å². The van der Waals surface area contributed by atoms with E-state index in [1.165, 1.54) is 0 Å². The molecule has 0 unspecified atom stereocenters. The summed E-state index contributed by atoms with van der Waals surface area (Å²) in [5.74, 6) is -2.46. The van der Waals surface area contributed by atoms with Crippen LogP contribution in [0.2, 0.25) is 0 Å². The number of nitrogens with one attached hydrogen (secondary N) is 1. The molecule has 2 amide bonds. The van der Waals surface area contributed by atoms with Crippen LogP contribution in [0.25, 0.3) is 0 Å². The van der Waals surface area contributed by atoms with Crippen LogP contribution >= 0.6 is 0 Å². The Bertz CT molecular complexity index is 637. The fourth-order valence-electron chi connectivity index (χ4n) is 1.27. The molecule has 0 saturated heterocycles. The summed E-state index contributed by atoms with van der Waals surface area (Å²) in [6.07, 6.45) is 0. The number of carbonyl (C=O) groups excluding carboxylic acids is 2. The van der Waals surface area contributed by atoms with Gasteiger partial charge in [0.1, 0.15) is 0 Å². The summed E-state index contributed by atoms with van der Waals surface area (Å²) in [6, 6.07) is 3.01. The maximum Gasteiger partial charge on any atom is 0.516 e. The van der Waals surface area contributed by atoms with Crippen molar-refractivity contribution in [1.29, 1.82) is 0 Å². The standard InChI is InChI=1S/C9H8F3N3O4S/c10-9(11,12)20(18,19)15-6-4(7(13)16)2-1-3-5(6)8(14)17/h1-3,15H,(H2,13,16)(H2,14,17). The molecule has 0 fully saturated rings. The molecule has 0 heterocycles. The molecular weight excluding hydrogens is 303 g/mol. The first-order valence-electron chi connectivity index (χ1n) is 4.79. The number of amides is 2. The molecule has 0 radical (unpaired) electrons. The molecule has 0 atom stereocenters. The molecule has 20 heavy (non-hydrogen) atoms. The van der Waals surface area contributed by atoms with E-state index in [1.807, 2.05) is 0 Å². The molecule has 0 aliphatic rings. The third-order valence-corrected chi connectivity index (χ3v) is 3.22. The molecule has 110 valence electrons. The van der Waals surface area contributed by atoms with Crippen molar-refractivity contribution in [2.24, 2.45) is 11.5 Å². The second-order valence-electron chi connectivity index (χ2n) is 3.51. The first-order chi connectivity index (χ1) is 8.97. The van der Waals surface area contributed by atoms with Crippen molar-refractivity contribution in [2.75, 3.05) is 4.72 Å². The molecule has 0 bridgehead atoms. The van der Waals surface area contributed by atoms with E-state index in [9.17, 15) is 31.2 Å². The average molecular weight is 311 g/mol. The fraction of sp³-hybridized carbons (Fsp3) is 0.111. The molecule has 5 N–H and O–H groups in total. The van der Waals surface area contributed by atoms with E-state index < -0.39 is 44.2 Å². The van der Waals surface area contributed by atoms with Gasteiger partial charge in [0.25, 0.3) is 11.8 Å². The number of nitrogens with two attached hydrogens (primary N) is 2. The van der Waals surface area contributed by atoms with Gasteiger partial charge in [-0.15, -0.1) is 0 Å². The van der Waals surface area contributed by atoms with E-state index in [0.29, 0.717) is 0 Å². The largest absolute Gasteiger partial charge is 0.516 e. The lowest BCUT2D eigenvalue weighted by Crippen LogP contribution is -2.32. The molecule has 0 aromatic heterocycles. The predicted molar refractivity (Wildman–Crippen MR) is 62.1 cm³/mol. The molecular formula is C9H8F3N3O4S. The summed E-state index contributed by atoms with van der Waals surface area (Å²) < 4.78 is 60.1. The first kappa shape index (κ1) is 15.8. The van der Waals surface area contributed by atoms with Crippen molar-refractivity contribution in [3.63, 3.8) is 0 Å². The Balaban J connectivity index is 3.51. The quantitative estimate of drug-likeness (QED) is 0.729. The molecule has 0 spiro atoms. The summed E-state index contributed by atoms with van der Waals surface area (Å²) in [5.41, 5.74) is 2.03. The summed E-state index contributed by atoms with van der Waals surface area (Å²) in [7, 11) is -5.83. The normalized spacial score (nSPS) is 11.9. The van der Waals surface area contributed by atoms with Crippen molar-refractivity contribution in [3.05, 3.63) is 29.3 Å². The monoisotopic (exact) mass is 311 g/mol. The zero-order valence-corrected chi connectivity index (χ0v) is 10.4. The van der Waals surface area contributed by atoms with Gasteiger partial charge in [0.15, 0.2) is 0 Å². The fourth-order valence-corrected chi connectivity index (χ4v) is 1.87. The number of alkyl halides is 3. The highest BCUT2D eigenvalue weighted by Gasteiger charge is 2.46. The van der Waals surface area contributed by atoms with Crippen LogP contribution in [0.1, 0.15) is 20.7 Å². The highest BCUT2D eigenvalue weighted by Crippen LogP contribution is 2.29. The van der Waals surface area contributed by atoms with Gasteiger partial charge in [0, 0.05) is 0 Å². The molecule has 1 aromatic rings. The minimum atomic E-state index is -5.83. The molecule has 0 aliphatic heterocycles. The van der Waals surface area contributed by atoms with Crippen LogP contribution in [0.4, 0.5) is 18.9 Å². The Morgan fingerprint density at radius 2 is 1.45 bits per heavy atom. The van der Waals surface area contributed by atoms with Gasteiger partial charge in [-0.3, -0.25) is 14.3 Å². The number of halogens is 3. The summed E-state index contributed by atoms with van der Waals surface area (Å²) in [6.45, 7) is 0. The minimum absolute atomic E-state index is 0.617. The molecule has 7 nitrogen and oxygen atoms in total. The first-order valence-corrected chi connectivity index (χ1v) is 6.27. The summed E-state index contributed by atoms with van der Waals surface area (Å²) in [5, 5.41) is 0. The number of benzene rings is 1. The van der Waals surface area contributed by atoms with Crippen molar-refractivity contribution in [1.82, 2.24) is 0 Å². The Morgan fingerprint density at radius 1 is 1.05 bits per heavy atom. The van der Waals surface area contributed by atoms with Gasteiger partial charge in [0.2, 0.25) is 0 Å². The number of carbonyl (C=O) groups is 2. The zero-order chi connectivity index (χ0) is 15.7. The van der Waals surface area contributed by atoms with Crippen LogP contribution in [-0.2, 0) is 10.0 Å². The van der Waals surface area contributed by atoms with Crippen LogP contribution in [0.5, 0.6) is 0 Å². The van der Waals surface area contributed by atoms with E-state index in [0.717, 1.165) is 22.9 Å². The van der Waals surface area contributed by atoms with Crippen LogP contribution in [-0.4, -0.2) is 25.7 Å². The molecule has 0 aliphatic carbocycles. The van der Waals surface area contributed by atoms with E-state index in [-0.39, 0.29) is 0 Å². The SMILES string of the molecule is NC(=O)c1cccc(C(N)=O)c1NS(=O)(=O)C(F)(F)F. The average Bonchev–Trinajstić information content (AvgIpc) is 2.26. The van der Waals surface area contributed by atoms with Crippen molar-refractivity contribution >= 4 is 27.5 Å². The Labute approximate surface area is 110 Å². The lowest BCUT2D eigenvalue weighted by atomic mass is 10.1. The third-order valence-electron chi connectivity index (χ3n) is 2.14. The Kier molecular flexibility index (Phi) is 3.94.